The van der Waals surface area contributed by atoms with E-state index < -0.39 is 38.1 Å². The fourth-order valence-electron chi connectivity index (χ4n) is 4.38. The van der Waals surface area contributed by atoms with Gasteiger partial charge in [-0.15, -0.1) is 11.3 Å². The molecule has 10 nitrogen and oxygen atoms in total. The van der Waals surface area contributed by atoms with E-state index in [0.29, 0.717) is 0 Å². The Labute approximate surface area is 239 Å². The summed E-state index contributed by atoms with van der Waals surface area (Å²) < 4.78 is 63.1. The molecule has 1 aromatic heterocycles. The van der Waals surface area contributed by atoms with Crippen LogP contribution in [0.25, 0.3) is 0 Å². The first kappa shape index (κ1) is 30.0. The third-order valence-electron chi connectivity index (χ3n) is 6.86. The van der Waals surface area contributed by atoms with Gasteiger partial charge in [0, 0.05) is 19.5 Å². The first-order valence-electron chi connectivity index (χ1n) is 12.7. The molecule has 2 aromatic carbocycles. The topological polar surface area (TPSA) is 133 Å². The molecule has 0 saturated carbocycles. The number of thiophene rings is 1. The van der Waals surface area contributed by atoms with Gasteiger partial charge in [0.1, 0.15) is 10.3 Å². The highest BCUT2D eigenvalue weighted by Crippen LogP contribution is 2.36. The van der Waals surface area contributed by atoms with Crippen molar-refractivity contribution < 1.29 is 31.5 Å². The van der Waals surface area contributed by atoms with Crippen molar-refractivity contribution in [2.24, 2.45) is 5.92 Å². The van der Waals surface area contributed by atoms with E-state index in [1.165, 1.54) is 46.6 Å². The summed E-state index contributed by atoms with van der Waals surface area (Å²) in [5, 5.41) is 11.6. The van der Waals surface area contributed by atoms with E-state index in [0.717, 1.165) is 16.9 Å². The number of hydrogen-bond acceptors (Lipinski definition) is 8. The van der Waals surface area contributed by atoms with Gasteiger partial charge in [0.25, 0.3) is 26.0 Å². The molecule has 0 saturated heterocycles. The van der Waals surface area contributed by atoms with Crippen LogP contribution in [0.4, 0.5) is 5.69 Å². The number of para-hydroxylation sites is 1. The molecule has 3 aromatic rings. The van der Waals surface area contributed by atoms with Crippen LogP contribution in [-0.2, 0) is 20.0 Å². The molecule has 0 spiro atoms. The van der Waals surface area contributed by atoms with Gasteiger partial charge < -0.3 is 14.7 Å². The third-order valence-corrected chi connectivity index (χ3v) is 11.4. The van der Waals surface area contributed by atoms with Crippen molar-refractivity contribution in [3.05, 3.63) is 71.1 Å². The number of sulfonamides is 2. The van der Waals surface area contributed by atoms with E-state index >= 15 is 0 Å². The maximum absolute atomic E-state index is 13.7. The molecule has 216 valence electrons. The number of anilines is 1. The van der Waals surface area contributed by atoms with Crippen LogP contribution in [0.5, 0.6) is 5.75 Å². The summed E-state index contributed by atoms with van der Waals surface area (Å²) in [5.74, 6) is -0.816. The van der Waals surface area contributed by atoms with Gasteiger partial charge >= 0.3 is 0 Å². The summed E-state index contributed by atoms with van der Waals surface area (Å²) in [7, 11) is -6.39. The van der Waals surface area contributed by atoms with Gasteiger partial charge in [0.2, 0.25) is 0 Å². The van der Waals surface area contributed by atoms with Gasteiger partial charge in [-0.05, 0) is 49.6 Å². The summed E-state index contributed by atoms with van der Waals surface area (Å²) >= 11 is 1.10. The Morgan fingerprint density at radius 1 is 1.12 bits per heavy atom. The lowest BCUT2D eigenvalue weighted by Crippen LogP contribution is -2.50. The second kappa shape index (κ2) is 11.9. The molecule has 1 amide bonds. The van der Waals surface area contributed by atoms with E-state index in [-0.39, 0.29) is 51.7 Å². The van der Waals surface area contributed by atoms with E-state index in [1.807, 2.05) is 13.8 Å². The minimum Gasteiger partial charge on any atom is -0.486 e. The number of carbonyl (C=O) groups excluding carboxylic acids is 1. The number of carbonyl (C=O) groups is 1. The Morgan fingerprint density at radius 2 is 1.82 bits per heavy atom. The maximum Gasteiger partial charge on any atom is 0.262 e. The van der Waals surface area contributed by atoms with Crippen molar-refractivity contribution in [2.75, 3.05) is 31.5 Å². The second-order valence-electron chi connectivity index (χ2n) is 9.94. The minimum absolute atomic E-state index is 0.00296. The van der Waals surface area contributed by atoms with E-state index in [2.05, 4.69) is 4.72 Å². The van der Waals surface area contributed by atoms with Crippen molar-refractivity contribution in [1.29, 1.82) is 0 Å². The zero-order chi connectivity index (χ0) is 29.2. The quantitative estimate of drug-likeness (QED) is 0.381. The van der Waals surface area contributed by atoms with E-state index in [4.69, 9.17) is 4.74 Å². The first-order valence-corrected chi connectivity index (χ1v) is 16.5. The molecule has 0 aliphatic carbocycles. The monoisotopic (exact) mass is 607 g/mol. The number of ether oxygens (including phenoxy) is 1. The number of nitrogens with one attached hydrogen (secondary N) is 1. The lowest BCUT2D eigenvalue weighted by Gasteiger charge is -2.38. The number of amides is 1. The molecular weight excluding hydrogens is 575 g/mol. The van der Waals surface area contributed by atoms with Crippen molar-refractivity contribution >= 4 is 43.0 Å². The average molecular weight is 608 g/mol. The number of hydrogen-bond donors (Lipinski definition) is 2. The molecule has 40 heavy (non-hydrogen) atoms. The molecule has 0 unspecified atom stereocenters. The molecule has 2 N–H and O–H groups in total. The molecule has 1 aliphatic rings. The molecule has 2 heterocycles. The number of aliphatic hydroxyl groups excluding tert-OH is 1. The van der Waals surface area contributed by atoms with Gasteiger partial charge in [-0.3, -0.25) is 9.52 Å². The Balaban J connectivity index is 1.76. The summed E-state index contributed by atoms with van der Waals surface area (Å²) in [4.78, 5) is 15.2. The number of nitrogens with zero attached hydrogens (tertiary/aromatic N) is 2. The number of likely N-dealkylation sites (N-methyl/N-ethyl adjacent to an activating group) is 1. The average Bonchev–Trinajstić information content (AvgIpc) is 3.47. The molecular formula is C27H33N3O7S3. The summed E-state index contributed by atoms with van der Waals surface area (Å²) in [6.45, 7) is 5.22. The number of benzene rings is 2. The van der Waals surface area contributed by atoms with Crippen LogP contribution in [0.15, 0.2) is 69.1 Å². The van der Waals surface area contributed by atoms with E-state index in [1.54, 1.807) is 36.6 Å². The number of fused-ring (bicyclic) bond motifs is 1. The summed E-state index contributed by atoms with van der Waals surface area (Å²) in [5.41, 5.74) is 1.05. The van der Waals surface area contributed by atoms with Crippen LogP contribution in [0.2, 0.25) is 0 Å². The largest absolute Gasteiger partial charge is 0.486 e. The van der Waals surface area contributed by atoms with Crippen LogP contribution in [-0.4, -0.2) is 75.9 Å². The van der Waals surface area contributed by atoms with Gasteiger partial charge in [-0.1, -0.05) is 36.8 Å². The van der Waals surface area contributed by atoms with Crippen LogP contribution >= 0.6 is 11.3 Å². The molecule has 3 atom stereocenters. The molecule has 13 heteroatoms. The minimum atomic E-state index is -4.04. The Morgan fingerprint density at radius 3 is 2.45 bits per heavy atom. The van der Waals surface area contributed by atoms with Crippen molar-refractivity contribution in [1.82, 2.24) is 9.21 Å². The van der Waals surface area contributed by atoms with Crippen LogP contribution in [0.1, 0.15) is 29.8 Å². The fraction of sp³-hybridized carbons (Fsp3) is 0.370. The van der Waals surface area contributed by atoms with Crippen LogP contribution < -0.4 is 9.46 Å². The Kier molecular flexibility index (Phi) is 8.90. The zero-order valence-electron chi connectivity index (χ0n) is 22.6. The summed E-state index contributed by atoms with van der Waals surface area (Å²) in [6.07, 6.45) is -0.759. The lowest BCUT2D eigenvalue weighted by molar-refractivity contribution is 0.0389. The Hall–Kier alpha value is -2.97. The number of aryl methyl sites for hydroxylation is 1. The first-order chi connectivity index (χ1) is 18.8. The number of aliphatic hydroxyl groups is 1. The SMILES string of the molecule is Cc1ccc(S(=O)(=O)Nc2cccc3c2O[C@@H](CN(C)S(=O)(=O)c2cccs2)[C@H](C)CN([C@H](C)CO)C3=O)cc1. The fourth-order valence-corrected chi connectivity index (χ4v) is 7.82. The highest BCUT2D eigenvalue weighted by molar-refractivity contribution is 7.92. The molecule has 0 radical (unpaired) electrons. The van der Waals surface area contributed by atoms with Gasteiger partial charge in [-0.25, -0.2) is 16.8 Å². The highest BCUT2D eigenvalue weighted by Gasteiger charge is 2.36. The lowest BCUT2D eigenvalue weighted by atomic mass is 9.99. The highest BCUT2D eigenvalue weighted by atomic mass is 32.2. The van der Waals surface area contributed by atoms with E-state index in [9.17, 15) is 26.7 Å². The van der Waals surface area contributed by atoms with Gasteiger partial charge in [0.15, 0.2) is 5.75 Å². The predicted molar refractivity (Wildman–Crippen MR) is 154 cm³/mol. The molecule has 0 fully saturated rings. The van der Waals surface area contributed by atoms with Crippen molar-refractivity contribution in [3.63, 3.8) is 0 Å². The standard InChI is InChI=1S/C27H33N3O7S3/c1-18-10-12-21(13-11-18)39(33,34)28-23-8-5-7-22-26(23)37-24(19(2)15-30(27(22)32)20(3)17-31)16-29(4)40(35,36)25-9-6-14-38-25/h5-14,19-20,24,28,31H,15-17H2,1-4H3/t19-,20-,24+/m1/s1. The number of rotatable bonds is 9. The predicted octanol–water partition coefficient (Wildman–Crippen LogP) is 3.40. The Bertz CT molecular complexity index is 1560. The van der Waals surface area contributed by atoms with Gasteiger partial charge in [0.05, 0.1) is 35.3 Å². The molecule has 1 aliphatic heterocycles. The van der Waals surface area contributed by atoms with Crippen LogP contribution in [0, 0.1) is 12.8 Å². The van der Waals surface area contributed by atoms with Crippen LogP contribution in [0.3, 0.4) is 0 Å². The molecule has 4 rings (SSSR count). The van der Waals surface area contributed by atoms with Crippen molar-refractivity contribution in [3.8, 4) is 5.75 Å². The normalized spacial score (nSPS) is 18.9. The molecule has 0 bridgehead atoms. The van der Waals surface area contributed by atoms with Crippen molar-refractivity contribution in [2.45, 2.75) is 42.0 Å². The summed E-state index contributed by atoms with van der Waals surface area (Å²) in [6, 6.07) is 13.5. The van der Waals surface area contributed by atoms with Gasteiger partial charge in [-0.2, -0.15) is 4.31 Å². The zero-order valence-corrected chi connectivity index (χ0v) is 25.1. The maximum atomic E-state index is 13.7. The smallest absolute Gasteiger partial charge is 0.262 e. The second-order valence-corrected chi connectivity index (χ2v) is 14.8. The third kappa shape index (κ3) is 6.18.